The number of benzene rings is 1. The number of allylic oxidation sites excluding steroid dienone is 5. The van der Waals surface area contributed by atoms with Crippen molar-refractivity contribution in [2.45, 2.75) is 26.2 Å². The minimum Gasteiger partial charge on any atom is -0.367 e. The molecule has 0 bridgehead atoms. The van der Waals surface area contributed by atoms with E-state index in [1.165, 1.54) is 0 Å². The van der Waals surface area contributed by atoms with Gasteiger partial charge in [0.15, 0.2) is 12.0 Å². The van der Waals surface area contributed by atoms with E-state index >= 15 is 0 Å². The van der Waals surface area contributed by atoms with Crippen molar-refractivity contribution in [3.05, 3.63) is 66.3 Å². The summed E-state index contributed by atoms with van der Waals surface area (Å²) >= 11 is 0. The lowest BCUT2D eigenvalue weighted by Crippen LogP contribution is -2.26. The molecular weight excluding hydrogens is 326 g/mol. The van der Waals surface area contributed by atoms with Gasteiger partial charge in [0.05, 0.1) is 12.5 Å². The van der Waals surface area contributed by atoms with E-state index in [2.05, 4.69) is 11.9 Å². The van der Waals surface area contributed by atoms with E-state index in [9.17, 15) is 9.59 Å². The Morgan fingerprint density at radius 2 is 1.96 bits per heavy atom. The molecular formula is C21H25N3O2. The second kappa shape index (κ2) is 10.7. The number of likely N-dealkylation sites (N-methyl/N-ethyl adjacent to an activating group) is 1. The summed E-state index contributed by atoms with van der Waals surface area (Å²) < 4.78 is 0. The van der Waals surface area contributed by atoms with Crippen molar-refractivity contribution >= 4 is 17.4 Å². The second-order valence-electron chi connectivity index (χ2n) is 6.12. The zero-order valence-corrected chi connectivity index (χ0v) is 15.5. The first-order valence-electron chi connectivity index (χ1n) is 8.35. The van der Waals surface area contributed by atoms with Crippen molar-refractivity contribution in [1.82, 2.24) is 5.32 Å². The zero-order valence-electron chi connectivity index (χ0n) is 15.5. The van der Waals surface area contributed by atoms with Crippen LogP contribution in [0.1, 0.15) is 31.7 Å². The van der Waals surface area contributed by atoms with E-state index in [0.717, 1.165) is 16.8 Å². The summed E-state index contributed by atoms with van der Waals surface area (Å²) in [5.74, 6) is -0.623. The molecule has 0 heterocycles. The van der Waals surface area contributed by atoms with Crippen LogP contribution in [0, 0.1) is 11.5 Å². The van der Waals surface area contributed by atoms with E-state index in [1.807, 2.05) is 61.4 Å². The normalized spacial score (nSPS) is 12.3. The molecule has 1 aromatic carbocycles. The lowest BCUT2D eigenvalue weighted by molar-refractivity contribution is -0.121. The first kappa shape index (κ1) is 20.9. The molecule has 1 amide bonds. The minimum atomic E-state index is -0.410. The number of hydrogen-bond donors (Lipinski definition) is 1. The van der Waals surface area contributed by atoms with Crippen LogP contribution in [-0.4, -0.2) is 25.3 Å². The van der Waals surface area contributed by atoms with Crippen molar-refractivity contribution in [2.24, 2.45) is 0 Å². The summed E-state index contributed by atoms with van der Waals surface area (Å²) in [5, 5.41) is 10.7. The highest BCUT2D eigenvalue weighted by molar-refractivity contribution is 5.86. The molecule has 0 aliphatic carbocycles. The van der Waals surface area contributed by atoms with Gasteiger partial charge in [0.1, 0.15) is 0 Å². The summed E-state index contributed by atoms with van der Waals surface area (Å²) in [6.07, 6.45) is 9.31. The molecule has 1 aromatic rings. The molecule has 0 aliphatic heterocycles. The monoisotopic (exact) mass is 351 g/mol. The van der Waals surface area contributed by atoms with Crippen molar-refractivity contribution in [3.8, 4) is 6.19 Å². The molecule has 136 valence electrons. The predicted molar refractivity (Wildman–Crippen MR) is 105 cm³/mol. The summed E-state index contributed by atoms with van der Waals surface area (Å²) in [7, 11) is 1.86. The highest BCUT2D eigenvalue weighted by atomic mass is 16.1. The fourth-order valence-electron chi connectivity index (χ4n) is 2.41. The predicted octanol–water partition coefficient (Wildman–Crippen LogP) is 3.47. The molecule has 1 N–H and O–H groups in total. The van der Waals surface area contributed by atoms with Gasteiger partial charge in [-0.1, -0.05) is 48.6 Å². The number of rotatable bonds is 9. The van der Waals surface area contributed by atoms with Gasteiger partial charge < -0.3 is 4.90 Å². The summed E-state index contributed by atoms with van der Waals surface area (Å²) in [5.41, 5.74) is 2.70. The van der Waals surface area contributed by atoms with Crippen LogP contribution in [0.5, 0.6) is 0 Å². The molecule has 26 heavy (non-hydrogen) atoms. The lowest BCUT2D eigenvalue weighted by atomic mass is 10.00. The fourth-order valence-corrected chi connectivity index (χ4v) is 2.41. The van der Waals surface area contributed by atoms with Gasteiger partial charge in [0.25, 0.3) is 0 Å². The molecule has 0 saturated carbocycles. The quantitative estimate of drug-likeness (QED) is 0.420. The van der Waals surface area contributed by atoms with E-state index < -0.39 is 5.92 Å². The number of carbonyl (C=O) groups is 2. The van der Waals surface area contributed by atoms with Crippen LogP contribution < -0.4 is 10.2 Å². The van der Waals surface area contributed by atoms with E-state index in [0.29, 0.717) is 13.0 Å². The summed E-state index contributed by atoms with van der Waals surface area (Å²) in [6, 6.07) is 7.41. The number of anilines is 1. The van der Waals surface area contributed by atoms with Crippen LogP contribution in [-0.2, 0) is 9.59 Å². The average Bonchev–Trinajstić information content (AvgIpc) is 2.61. The van der Waals surface area contributed by atoms with Crippen LogP contribution in [0.4, 0.5) is 5.69 Å². The molecule has 1 atom stereocenters. The molecule has 0 aliphatic rings. The Morgan fingerprint density at radius 3 is 2.54 bits per heavy atom. The largest absolute Gasteiger partial charge is 0.367 e. The average molecular weight is 351 g/mol. The van der Waals surface area contributed by atoms with Gasteiger partial charge in [-0.05, 0) is 31.5 Å². The molecule has 5 heteroatoms. The first-order valence-corrected chi connectivity index (χ1v) is 8.35. The summed E-state index contributed by atoms with van der Waals surface area (Å²) in [6.45, 7) is 7.57. The number of ketones is 1. The molecule has 0 fully saturated rings. The molecule has 0 spiro atoms. The number of nitrogens with one attached hydrogen (secondary N) is 1. The van der Waals surface area contributed by atoms with Gasteiger partial charge in [-0.15, -0.1) is 0 Å². The third-order valence-electron chi connectivity index (χ3n) is 3.92. The van der Waals surface area contributed by atoms with Crippen molar-refractivity contribution < 1.29 is 9.59 Å². The third-order valence-corrected chi connectivity index (χ3v) is 3.92. The van der Waals surface area contributed by atoms with Crippen molar-refractivity contribution in [1.29, 1.82) is 5.26 Å². The standard InChI is InChI=1S/C21H25N3O2/c1-5-6-7-8-16(2)13-20(25)14-24(4)19-11-9-18(10-12-19)17(3)21(26)23-15-22/h5-12,17H,1,13-14H2,2-4H3,(H,23,26)/b7-6-,16-8-. The molecule has 0 aromatic heterocycles. The Hall–Kier alpha value is -3.13. The first-order chi connectivity index (χ1) is 12.4. The fraction of sp³-hybridized carbons (Fsp3) is 0.286. The Bertz CT molecular complexity index is 740. The molecule has 1 unspecified atom stereocenters. The Balaban J connectivity index is 2.66. The highest BCUT2D eigenvalue weighted by Crippen LogP contribution is 2.20. The zero-order chi connectivity index (χ0) is 19.5. The Labute approximate surface area is 155 Å². The van der Waals surface area contributed by atoms with Crippen LogP contribution >= 0.6 is 0 Å². The molecule has 0 radical (unpaired) electrons. The number of carbonyl (C=O) groups excluding carboxylic acids is 2. The SMILES string of the molecule is C=C/C=C\C=C(\C)CC(=O)CN(C)c1ccc(C(C)C(=O)NC#N)cc1. The van der Waals surface area contributed by atoms with E-state index in [1.54, 1.807) is 19.2 Å². The third kappa shape index (κ3) is 6.78. The topological polar surface area (TPSA) is 73.2 Å². The molecule has 5 nitrogen and oxygen atoms in total. The Kier molecular flexibility index (Phi) is 8.59. The summed E-state index contributed by atoms with van der Waals surface area (Å²) in [4.78, 5) is 25.8. The second-order valence-corrected chi connectivity index (χ2v) is 6.12. The van der Waals surface area contributed by atoms with Gasteiger partial charge in [-0.2, -0.15) is 5.26 Å². The number of amides is 1. The minimum absolute atomic E-state index is 0.124. The number of Topliss-reactive ketones (excluding diaryl/α,β-unsaturated/α-hetero) is 1. The van der Waals surface area contributed by atoms with Gasteiger partial charge in [-0.3, -0.25) is 14.9 Å². The number of nitriles is 1. The Morgan fingerprint density at radius 1 is 1.31 bits per heavy atom. The van der Waals surface area contributed by atoms with Crippen LogP contribution in [0.3, 0.4) is 0 Å². The van der Waals surface area contributed by atoms with Crippen molar-refractivity contribution in [3.63, 3.8) is 0 Å². The number of hydrogen-bond acceptors (Lipinski definition) is 4. The highest BCUT2D eigenvalue weighted by Gasteiger charge is 2.15. The van der Waals surface area contributed by atoms with Gasteiger partial charge in [0, 0.05) is 19.2 Å². The van der Waals surface area contributed by atoms with Gasteiger partial charge in [-0.25, -0.2) is 0 Å². The van der Waals surface area contributed by atoms with Crippen LogP contribution in [0.2, 0.25) is 0 Å². The maximum atomic E-state index is 12.2. The van der Waals surface area contributed by atoms with Gasteiger partial charge in [0.2, 0.25) is 5.91 Å². The maximum Gasteiger partial charge on any atom is 0.240 e. The molecule has 0 saturated heterocycles. The molecule has 1 rings (SSSR count). The maximum absolute atomic E-state index is 12.2. The van der Waals surface area contributed by atoms with Crippen LogP contribution in [0.15, 0.2) is 60.7 Å². The smallest absolute Gasteiger partial charge is 0.240 e. The van der Waals surface area contributed by atoms with E-state index in [4.69, 9.17) is 5.26 Å². The van der Waals surface area contributed by atoms with E-state index in [-0.39, 0.29) is 11.7 Å². The van der Waals surface area contributed by atoms with Crippen molar-refractivity contribution in [2.75, 3.05) is 18.5 Å². The number of nitrogens with zero attached hydrogens (tertiary/aromatic N) is 2. The van der Waals surface area contributed by atoms with Gasteiger partial charge >= 0.3 is 0 Å². The van der Waals surface area contributed by atoms with Crippen LogP contribution in [0.25, 0.3) is 0 Å². The lowest BCUT2D eigenvalue weighted by Gasteiger charge is -2.19.